The molecule has 2 aromatic heterocycles. The smallest absolute Gasteiger partial charge is 0.228 e. The van der Waals surface area contributed by atoms with Crippen molar-refractivity contribution in [3.05, 3.63) is 53.8 Å². The molecule has 2 heterocycles. The van der Waals surface area contributed by atoms with Crippen LogP contribution in [0.3, 0.4) is 0 Å². The molecule has 0 saturated heterocycles. The maximum absolute atomic E-state index is 5.25. The van der Waals surface area contributed by atoms with Crippen LogP contribution in [0.2, 0.25) is 0 Å². The average molecular weight is 480 g/mol. The molecule has 0 amide bonds. The van der Waals surface area contributed by atoms with E-state index in [9.17, 15) is 0 Å². The van der Waals surface area contributed by atoms with Gasteiger partial charge in [-0.15, -0.1) is 24.0 Å². The summed E-state index contributed by atoms with van der Waals surface area (Å²) in [5, 5.41) is 11.7. The quantitative estimate of drug-likeness (QED) is 0.320. The lowest BCUT2D eigenvalue weighted by atomic mass is 10.1. The number of pyridine rings is 1. The van der Waals surface area contributed by atoms with Crippen LogP contribution in [0.1, 0.15) is 37.0 Å². The first-order valence-electron chi connectivity index (χ1n) is 8.77. The third kappa shape index (κ3) is 5.62. The van der Waals surface area contributed by atoms with Crippen molar-refractivity contribution in [3.8, 4) is 0 Å². The summed E-state index contributed by atoms with van der Waals surface area (Å²) in [6.45, 7) is 5.42. The lowest BCUT2D eigenvalue weighted by Crippen LogP contribution is -2.37. The first-order chi connectivity index (χ1) is 12.7. The van der Waals surface area contributed by atoms with E-state index in [1.807, 2.05) is 44.3 Å². The number of aliphatic imine (C=N–C) groups is 1. The molecular formula is C19H25IN6O. The summed E-state index contributed by atoms with van der Waals surface area (Å²) >= 11 is 0. The van der Waals surface area contributed by atoms with Crippen LogP contribution < -0.4 is 10.6 Å². The molecule has 3 aromatic rings. The third-order valence-corrected chi connectivity index (χ3v) is 4.04. The zero-order valence-corrected chi connectivity index (χ0v) is 18.1. The fourth-order valence-electron chi connectivity index (χ4n) is 2.60. The van der Waals surface area contributed by atoms with Crippen molar-refractivity contribution in [2.75, 3.05) is 13.6 Å². The number of para-hydroxylation sites is 1. The van der Waals surface area contributed by atoms with Gasteiger partial charge in [-0.05, 0) is 17.7 Å². The second-order valence-corrected chi connectivity index (χ2v) is 6.29. The number of nitrogens with one attached hydrogen (secondary N) is 2. The fourth-order valence-corrected chi connectivity index (χ4v) is 2.60. The number of fused-ring (bicyclic) bond motifs is 1. The van der Waals surface area contributed by atoms with E-state index in [1.54, 1.807) is 7.05 Å². The molecule has 144 valence electrons. The molecular weight excluding hydrogens is 455 g/mol. The van der Waals surface area contributed by atoms with Crippen molar-refractivity contribution >= 4 is 40.8 Å². The Morgan fingerprint density at radius 2 is 2.00 bits per heavy atom. The summed E-state index contributed by atoms with van der Waals surface area (Å²) in [5.41, 5.74) is 2.17. The number of rotatable bonds is 6. The Balaban J connectivity index is 0.00000261. The molecule has 1 aromatic carbocycles. The highest BCUT2D eigenvalue weighted by Gasteiger charge is 2.09. The van der Waals surface area contributed by atoms with Crippen LogP contribution in [0, 0.1) is 0 Å². The average Bonchev–Trinajstić information content (AvgIpc) is 3.14. The maximum Gasteiger partial charge on any atom is 0.228 e. The van der Waals surface area contributed by atoms with Crippen molar-refractivity contribution in [2.24, 2.45) is 4.99 Å². The number of hydrogen-bond acceptors (Lipinski definition) is 5. The van der Waals surface area contributed by atoms with Crippen molar-refractivity contribution < 1.29 is 4.52 Å². The monoisotopic (exact) mass is 480 g/mol. The Labute approximate surface area is 176 Å². The van der Waals surface area contributed by atoms with Gasteiger partial charge in [0.2, 0.25) is 5.89 Å². The second-order valence-electron chi connectivity index (χ2n) is 6.29. The predicted octanol–water partition coefficient (Wildman–Crippen LogP) is 3.27. The molecule has 0 aliphatic heterocycles. The summed E-state index contributed by atoms with van der Waals surface area (Å²) < 4.78 is 5.25. The summed E-state index contributed by atoms with van der Waals surface area (Å²) in [4.78, 5) is 13.0. The summed E-state index contributed by atoms with van der Waals surface area (Å²) in [6, 6.07) is 10.1. The van der Waals surface area contributed by atoms with Crippen LogP contribution in [0.5, 0.6) is 0 Å². The molecule has 3 rings (SSSR count). The Morgan fingerprint density at radius 3 is 2.74 bits per heavy atom. The zero-order valence-electron chi connectivity index (χ0n) is 15.8. The maximum atomic E-state index is 5.25. The number of nitrogens with zero attached hydrogens (tertiary/aromatic N) is 4. The van der Waals surface area contributed by atoms with Gasteiger partial charge in [-0.3, -0.25) is 9.98 Å². The normalized spacial score (nSPS) is 11.5. The SMILES string of the molecule is CN=C(NCCc1nc(C(C)C)no1)NCc1ccnc2ccccc12.I. The molecule has 0 unspecified atom stereocenters. The Morgan fingerprint density at radius 1 is 1.19 bits per heavy atom. The second kappa shape index (κ2) is 10.2. The molecule has 8 heteroatoms. The van der Waals surface area contributed by atoms with Gasteiger partial charge < -0.3 is 15.2 Å². The standard InChI is InChI=1S/C19H24N6O.HI/c1-13(2)18-24-17(26-25-18)9-11-22-19(20-3)23-12-14-8-10-21-16-7-5-4-6-15(14)16;/h4-8,10,13H,9,11-12H2,1-3H3,(H2,20,22,23);1H. The van der Waals surface area contributed by atoms with Gasteiger partial charge in [-0.1, -0.05) is 37.2 Å². The number of guanidine groups is 1. The van der Waals surface area contributed by atoms with Crippen molar-refractivity contribution in [1.82, 2.24) is 25.8 Å². The number of hydrogen-bond donors (Lipinski definition) is 2. The highest BCUT2D eigenvalue weighted by atomic mass is 127. The highest BCUT2D eigenvalue weighted by Crippen LogP contribution is 2.15. The highest BCUT2D eigenvalue weighted by molar-refractivity contribution is 14.0. The van der Waals surface area contributed by atoms with Crippen molar-refractivity contribution in [3.63, 3.8) is 0 Å². The van der Waals surface area contributed by atoms with Gasteiger partial charge in [0.15, 0.2) is 11.8 Å². The molecule has 0 atom stereocenters. The molecule has 0 spiro atoms. The first-order valence-corrected chi connectivity index (χ1v) is 8.77. The van der Waals surface area contributed by atoms with E-state index in [-0.39, 0.29) is 29.9 Å². The molecule has 0 radical (unpaired) electrons. The number of benzene rings is 1. The molecule has 0 bridgehead atoms. The lowest BCUT2D eigenvalue weighted by Gasteiger charge is -2.12. The van der Waals surface area contributed by atoms with E-state index >= 15 is 0 Å². The molecule has 0 fully saturated rings. The number of halogens is 1. The van der Waals surface area contributed by atoms with Crippen LogP contribution >= 0.6 is 24.0 Å². The molecule has 0 aliphatic rings. The molecule has 0 saturated carbocycles. The van der Waals surface area contributed by atoms with Gasteiger partial charge in [-0.25, -0.2) is 0 Å². The van der Waals surface area contributed by atoms with Gasteiger partial charge in [0.25, 0.3) is 0 Å². The predicted molar refractivity (Wildman–Crippen MR) is 117 cm³/mol. The van der Waals surface area contributed by atoms with Gasteiger partial charge in [0, 0.05) is 44.1 Å². The van der Waals surface area contributed by atoms with E-state index in [0.717, 1.165) is 22.7 Å². The Kier molecular flexibility index (Phi) is 7.96. The van der Waals surface area contributed by atoms with E-state index in [4.69, 9.17) is 4.52 Å². The molecule has 2 N–H and O–H groups in total. The van der Waals surface area contributed by atoms with Gasteiger partial charge in [-0.2, -0.15) is 4.98 Å². The van der Waals surface area contributed by atoms with Crippen LogP contribution in [-0.2, 0) is 13.0 Å². The molecule has 7 nitrogen and oxygen atoms in total. The van der Waals surface area contributed by atoms with E-state index < -0.39 is 0 Å². The van der Waals surface area contributed by atoms with Crippen LogP contribution in [0.25, 0.3) is 10.9 Å². The lowest BCUT2D eigenvalue weighted by molar-refractivity contribution is 0.371. The summed E-state index contributed by atoms with van der Waals surface area (Å²) in [7, 11) is 1.75. The minimum Gasteiger partial charge on any atom is -0.356 e. The largest absolute Gasteiger partial charge is 0.356 e. The topological polar surface area (TPSA) is 88.2 Å². The summed E-state index contributed by atoms with van der Waals surface area (Å²) in [5.74, 6) is 2.38. The van der Waals surface area contributed by atoms with Crippen molar-refractivity contribution in [2.45, 2.75) is 32.7 Å². The number of aromatic nitrogens is 3. The minimum atomic E-state index is 0. The zero-order chi connectivity index (χ0) is 18.4. The van der Waals surface area contributed by atoms with Gasteiger partial charge in [0.05, 0.1) is 5.52 Å². The fraction of sp³-hybridized carbons (Fsp3) is 0.368. The third-order valence-electron chi connectivity index (χ3n) is 4.04. The first kappa shape index (κ1) is 21.1. The summed E-state index contributed by atoms with van der Waals surface area (Å²) in [6.07, 6.45) is 2.48. The van der Waals surface area contributed by atoms with Gasteiger partial charge >= 0.3 is 0 Å². The van der Waals surface area contributed by atoms with Crippen LogP contribution in [0.4, 0.5) is 0 Å². The van der Waals surface area contributed by atoms with Crippen LogP contribution in [0.15, 0.2) is 46.0 Å². The Hall–Kier alpha value is -2.23. The molecule has 0 aliphatic carbocycles. The van der Waals surface area contributed by atoms with Crippen molar-refractivity contribution in [1.29, 1.82) is 0 Å². The van der Waals surface area contributed by atoms with Crippen LogP contribution in [-0.4, -0.2) is 34.7 Å². The van der Waals surface area contributed by atoms with E-state index in [1.165, 1.54) is 5.56 Å². The molecule has 27 heavy (non-hydrogen) atoms. The van der Waals surface area contributed by atoms with E-state index in [0.29, 0.717) is 25.4 Å². The van der Waals surface area contributed by atoms with Gasteiger partial charge in [0.1, 0.15) is 0 Å². The minimum absolute atomic E-state index is 0. The van der Waals surface area contributed by atoms with E-state index in [2.05, 4.69) is 36.8 Å². The Bertz CT molecular complexity index is 887.